The van der Waals surface area contributed by atoms with Crippen molar-refractivity contribution in [3.8, 4) is 0 Å². The van der Waals surface area contributed by atoms with E-state index in [1.807, 2.05) is 24.3 Å². The van der Waals surface area contributed by atoms with E-state index in [4.69, 9.17) is 4.74 Å². The van der Waals surface area contributed by atoms with E-state index in [0.29, 0.717) is 5.56 Å². The normalized spacial score (nSPS) is 12.9. The molecule has 12 heteroatoms. The summed E-state index contributed by atoms with van der Waals surface area (Å²) in [6.07, 6.45) is 0. The van der Waals surface area contributed by atoms with Crippen molar-refractivity contribution in [1.29, 1.82) is 0 Å². The number of Topliss-reactive ketones (excluding diaryl/α,β-unsaturated/α-hetero) is 1. The van der Waals surface area contributed by atoms with Crippen molar-refractivity contribution in [3.63, 3.8) is 0 Å². The molecule has 0 heterocycles. The molecule has 0 aliphatic rings. The van der Waals surface area contributed by atoms with Crippen molar-refractivity contribution < 1.29 is 39.5 Å². The van der Waals surface area contributed by atoms with E-state index in [9.17, 15) is 34.8 Å². The Morgan fingerprint density at radius 1 is 0.650 bits per heavy atom. The van der Waals surface area contributed by atoms with Gasteiger partial charge in [-0.2, -0.15) is 0 Å². The molecular weight excluding hydrogens is 593 g/mol. The molecule has 0 fully saturated rings. The Kier molecular flexibility index (Phi) is 9.44. The summed E-state index contributed by atoms with van der Waals surface area (Å²) < 4.78 is 64.0. The molecular formula is C28H23F6O3PS2. The monoisotopic (exact) mass is 616 g/mol. The molecule has 0 N–H and O–H groups in total. The van der Waals surface area contributed by atoms with Gasteiger partial charge in [-0.25, -0.2) is 4.79 Å². The minimum atomic E-state index is -10.7. The maximum absolute atomic E-state index is 12.1. The second-order valence-electron chi connectivity index (χ2n) is 8.04. The van der Waals surface area contributed by atoms with Crippen molar-refractivity contribution in [3.05, 3.63) is 115 Å². The van der Waals surface area contributed by atoms with Crippen LogP contribution in [0.25, 0.3) is 0 Å². The van der Waals surface area contributed by atoms with Crippen molar-refractivity contribution >= 4 is 42.2 Å². The molecule has 0 bridgehead atoms. The van der Waals surface area contributed by atoms with E-state index < -0.39 is 19.6 Å². The van der Waals surface area contributed by atoms with Crippen molar-refractivity contribution in [2.24, 2.45) is 0 Å². The summed E-state index contributed by atoms with van der Waals surface area (Å²) in [5.41, 5.74) is 0.336. The van der Waals surface area contributed by atoms with Crippen LogP contribution in [0, 0.1) is 0 Å². The van der Waals surface area contributed by atoms with Gasteiger partial charge in [0.15, 0.2) is 14.7 Å². The molecule has 3 nitrogen and oxygen atoms in total. The number of esters is 1. The molecule has 0 spiro atoms. The molecule has 0 saturated carbocycles. The first kappa shape index (κ1) is 31.3. The van der Waals surface area contributed by atoms with Gasteiger partial charge in [-0.3, -0.25) is 4.79 Å². The van der Waals surface area contributed by atoms with Crippen molar-refractivity contribution in [1.82, 2.24) is 0 Å². The fourth-order valence-electron chi connectivity index (χ4n) is 3.29. The number of halogens is 6. The summed E-state index contributed by atoms with van der Waals surface area (Å²) in [5.74, 6) is -1.44. The van der Waals surface area contributed by atoms with Gasteiger partial charge in [0, 0.05) is 15.4 Å². The molecule has 40 heavy (non-hydrogen) atoms. The molecule has 0 atom stereocenters. The summed E-state index contributed by atoms with van der Waals surface area (Å²) in [4.78, 5) is 29.6. The Labute approximate surface area is 234 Å². The van der Waals surface area contributed by atoms with Crippen LogP contribution >= 0.6 is 19.6 Å². The predicted molar refractivity (Wildman–Crippen MR) is 147 cm³/mol. The zero-order valence-electron chi connectivity index (χ0n) is 20.9. The van der Waals surface area contributed by atoms with Crippen LogP contribution in [0.5, 0.6) is 0 Å². The van der Waals surface area contributed by atoms with Crippen LogP contribution in [-0.2, 0) is 20.4 Å². The molecule has 0 saturated heterocycles. The topological polar surface area (TPSA) is 43.4 Å². The fraction of sp³-hybridized carbons (Fsp3) is 0.0714. The number of benzene rings is 4. The number of rotatable bonds is 8. The van der Waals surface area contributed by atoms with Crippen LogP contribution in [0.2, 0.25) is 0 Å². The van der Waals surface area contributed by atoms with E-state index in [1.165, 1.54) is 14.7 Å². The Bertz CT molecular complexity index is 1380. The number of hydrogen-bond acceptors (Lipinski definition) is 4. The van der Waals surface area contributed by atoms with Gasteiger partial charge >= 0.3 is 39.0 Å². The summed E-state index contributed by atoms with van der Waals surface area (Å²) in [5, 5.41) is 0. The summed E-state index contributed by atoms with van der Waals surface area (Å²) in [6, 6.07) is 36.8. The van der Waals surface area contributed by atoms with Gasteiger partial charge in [-0.1, -0.05) is 48.2 Å². The minimum absolute atomic E-state index is 0.175. The Balaban J connectivity index is 0.000000559. The zero-order valence-corrected chi connectivity index (χ0v) is 23.4. The van der Waals surface area contributed by atoms with Gasteiger partial charge in [0.05, 0.1) is 17.5 Å². The van der Waals surface area contributed by atoms with E-state index in [0.717, 1.165) is 9.79 Å². The van der Waals surface area contributed by atoms with Gasteiger partial charge in [0.25, 0.3) is 5.78 Å². The van der Waals surface area contributed by atoms with Crippen LogP contribution < -0.4 is 0 Å². The molecule has 0 aliphatic heterocycles. The van der Waals surface area contributed by atoms with Gasteiger partial charge in [0.1, 0.15) is 0 Å². The molecule has 4 aromatic rings. The molecule has 0 radical (unpaired) electrons. The summed E-state index contributed by atoms with van der Waals surface area (Å²) in [6.45, 7) is 1.86. The Hall–Kier alpha value is -3.27. The van der Waals surface area contributed by atoms with Crippen LogP contribution in [0.15, 0.2) is 134 Å². The van der Waals surface area contributed by atoms with Crippen LogP contribution in [0.3, 0.4) is 0 Å². The van der Waals surface area contributed by atoms with Crippen LogP contribution in [0.1, 0.15) is 17.3 Å². The molecule has 0 aliphatic carbocycles. The standard InChI is InChI=1S/C28H23O3S2.F6P/c1-2-31-28(30)27(29)21-13-15-22(16-14-21)32-23-17-19-26(20-18-23)33(24-9-5-3-6-10-24)25-11-7-4-8-12-25;1-7(2,3,4,5)6/h3-20H,2H2,1H3;/q+1;-1. The van der Waals surface area contributed by atoms with Crippen LogP contribution in [-0.4, -0.2) is 18.4 Å². The van der Waals surface area contributed by atoms with Gasteiger partial charge in [-0.15, -0.1) is 0 Å². The average Bonchev–Trinajstić information content (AvgIpc) is 2.89. The first-order chi connectivity index (χ1) is 18.6. The second kappa shape index (κ2) is 12.1. The van der Waals surface area contributed by atoms with E-state index in [1.54, 1.807) is 30.8 Å². The third kappa shape index (κ3) is 11.1. The third-order valence-electron chi connectivity index (χ3n) is 4.83. The van der Waals surface area contributed by atoms with E-state index in [-0.39, 0.29) is 17.5 Å². The molecule has 4 rings (SSSR count). The van der Waals surface area contributed by atoms with Gasteiger partial charge in [0.2, 0.25) is 0 Å². The molecule has 4 aromatic carbocycles. The number of ether oxygens (including phenoxy) is 1. The fourth-order valence-corrected chi connectivity index (χ4v) is 6.19. The number of carbonyl (C=O) groups excluding carboxylic acids is 2. The van der Waals surface area contributed by atoms with E-state index >= 15 is 0 Å². The second-order valence-corrected chi connectivity index (χ2v) is 13.1. The maximum atomic E-state index is 12.1. The zero-order chi connectivity index (χ0) is 29.5. The molecule has 0 aromatic heterocycles. The van der Waals surface area contributed by atoms with Gasteiger partial charge in [-0.05, 0) is 79.7 Å². The molecule has 0 unspecified atom stereocenters. The first-order valence-corrected chi connectivity index (χ1v) is 15.7. The van der Waals surface area contributed by atoms with Crippen LogP contribution in [0.4, 0.5) is 25.2 Å². The summed E-state index contributed by atoms with van der Waals surface area (Å²) in [7, 11) is -10.8. The average molecular weight is 617 g/mol. The Morgan fingerprint density at radius 3 is 1.43 bits per heavy atom. The summed E-state index contributed by atoms with van der Waals surface area (Å²) >= 11 is 1.61. The quantitative estimate of drug-likeness (QED) is 0.0494. The third-order valence-corrected chi connectivity index (χ3v) is 8.08. The first-order valence-electron chi connectivity index (χ1n) is 11.6. The molecule has 0 amide bonds. The van der Waals surface area contributed by atoms with Crippen molar-refractivity contribution in [2.75, 3.05) is 6.61 Å². The Morgan fingerprint density at radius 2 is 1.02 bits per heavy atom. The SMILES string of the molecule is CCOC(=O)C(=O)c1ccc(Sc2ccc([S+](c3ccccc3)c3ccccc3)cc2)cc1.F[P-](F)(F)(F)(F)F. The van der Waals surface area contributed by atoms with Crippen molar-refractivity contribution in [2.45, 2.75) is 31.4 Å². The number of carbonyl (C=O) groups is 2. The number of hydrogen-bond donors (Lipinski definition) is 0. The van der Waals surface area contributed by atoms with Gasteiger partial charge < -0.3 is 4.74 Å². The van der Waals surface area contributed by atoms with E-state index in [2.05, 4.69) is 72.8 Å². The number of ketones is 1. The molecule has 212 valence electrons. The predicted octanol–water partition coefficient (Wildman–Crippen LogP) is 10.1.